The van der Waals surface area contributed by atoms with Gasteiger partial charge in [0.2, 0.25) is 5.91 Å². The third kappa shape index (κ3) is 5.75. The van der Waals surface area contributed by atoms with Gasteiger partial charge in [-0.1, -0.05) is 30.9 Å². The van der Waals surface area contributed by atoms with Crippen LogP contribution in [0.15, 0.2) is 12.1 Å². The summed E-state index contributed by atoms with van der Waals surface area (Å²) in [7, 11) is 1.38. The Bertz CT molecular complexity index is 809. The molecule has 4 amide bonds. The van der Waals surface area contributed by atoms with Crippen molar-refractivity contribution in [3.63, 3.8) is 0 Å². The van der Waals surface area contributed by atoms with Crippen LogP contribution < -0.4 is 20.3 Å². The van der Waals surface area contributed by atoms with Crippen molar-refractivity contribution in [2.24, 2.45) is 0 Å². The van der Waals surface area contributed by atoms with E-state index in [2.05, 4.69) is 10.6 Å². The number of hydrogen-bond donors (Lipinski definition) is 2. The van der Waals surface area contributed by atoms with E-state index in [0.29, 0.717) is 26.2 Å². The van der Waals surface area contributed by atoms with Gasteiger partial charge in [0, 0.05) is 44.4 Å². The molecule has 2 saturated heterocycles. The van der Waals surface area contributed by atoms with Crippen LogP contribution in [0.3, 0.4) is 0 Å². The summed E-state index contributed by atoms with van der Waals surface area (Å²) in [4.78, 5) is 38.7. The van der Waals surface area contributed by atoms with Crippen molar-refractivity contribution in [1.82, 2.24) is 15.5 Å². The van der Waals surface area contributed by atoms with Crippen LogP contribution in [0, 0.1) is 5.82 Å². The third-order valence-electron chi connectivity index (χ3n) is 5.06. The Labute approximate surface area is 179 Å². The highest BCUT2D eigenvalue weighted by molar-refractivity contribution is 6.31. The number of ether oxygens (including phenoxy) is 1. The van der Waals surface area contributed by atoms with Crippen LogP contribution in [0.4, 0.5) is 14.9 Å². The quantitative estimate of drug-likeness (QED) is 0.685. The number of imide groups is 1. The number of anilines is 1. The van der Waals surface area contributed by atoms with Crippen LogP contribution in [0.2, 0.25) is 5.02 Å². The van der Waals surface area contributed by atoms with Crippen LogP contribution in [0.1, 0.15) is 32.1 Å². The van der Waals surface area contributed by atoms with Gasteiger partial charge >= 0.3 is 6.03 Å². The van der Waals surface area contributed by atoms with Crippen LogP contribution in [0.5, 0.6) is 5.75 Å². The molecule has 4 rings (SSSR count). The topological polar surface area (TPSA) is 91.0 Å². The molecular formula is C20H26ClFN4O4. The lowest BCUT2D eigenvalue weighted by Crippen LogP contribution is -2.49. The van der Waals surface area contributed by atoms with Gasteiger partial charge in [0.05, 0.1) is 12.1 Å². The van der Waals surface area contributed by atoms with Crippen molar-refractivity contribution < 1.29 is 23.5 Å². The molecule has 2 aliphatic heterocycles. The molecule has 3 aliphatic rings. The highest BCUT2D eigenvalue weighted by Crippen LogP contribution is 2.31. The second-order valence-corrected chi connectivity index (χ2v) is 7.83. The van der Waals surface area contributed by atoms with E-state index in [4.69, 9.17) is 16.3 Å². The number of methoxy groups -OCH3 is 1. The molecule has 8 nitrogen and oxygen atoms in total. The fraction of sp³-hybridized carbons (Fsp3) is 0.550. The minimum Gasteiger partial charge on any atom is -0.494 e. The summed E-state index contributed by atoms with van der Waals surface area (Å²) in [5, 5.41) is 4.61. The minimum atomic E-state index is -0.656. The Hall–Kier alpha value is -2.55. The molecule has 164 valence electrons. The first-order chi connectivity index (χ1) is 14.4. The number of nitrogens with zero attached hydrogens (tertiary/aromatic N) is 2. The number of piperazine rings is 1. The maximum absolute atomic E-state index is 13.8. The number of hydrogen-bond acceptors (Lipinski definition) is 5. The van der Waals surface area contributed by atoms with E-state index in [9.17, 15) is 18.8 Å². The lowest BCUT2D eigenvalue weighted by Gasteiger charge is -2.36. The summed E-state index contributed by atoms with van der Waals surface area (Å²) in [6.07, 6.45) is 4.94. The largest absolute Gasteiger partial charge is 0.494 e. The number of urea groups is 1. The molecule has 2 N–H and O–H groups in total. The van der Waals surface area contributed by atoms with Crippen molar-refractivity contribution in [2.45, 2.75) is 38.1 Å². The number of carbonyl (C=O) groups excluding carboxylic acids is 3. The van der Waals surface area contributed by atoms with Gasteiger partial charge in [-0.05, 0) is 12.5 Å². The van der Waals surface area contributed by atoms with Crippen LogP contribution in [-0.4, -0.2) is 62.1 Å². The molecule has 0 bridgehead atoms. The second-order valence-electron chi connectivity index (χ2n) is 7.43. The van der Waals surface area contributed by atoms with E-state index in [1.165, 1.54) is 32.4 Å². The van der Waals surface area contributed by atoms with Gasteiger partial charge in [0.25, 0.3) is 5.91 Å². The molecule has 2 heterocycles. The van der Waals surface area contributed by atoms with E-state index < -0.39 is 23.8 Å². The van der Waals surface area contributed by atoms with Gasteiger partial charge in [0.15, 0.2) is 11.6 Å². The summed E-state index contributed by atoms with van der Waals surface area (Å²) >= 11 is 5.91. The van der Waals surface area contributed by atoms with Crippen molar-refractivity contribution >= 4 is 35.1 Å². The highest BCUT2D eigenvalue weighted by Gasteiger charge is 2.30. The Kier molecular flexibility index (Phi) is 7.36. The molecule has 10 heteroatoms. The maximum atomic E-state index is 13.8. The second kappa shape index (κ2) is 9.97. The lowest BCUT2D eigenvalue weighted by molar-refractivity contribution is -0.131. The zero-order chi connectivity index (χ0) is 21.7. The molecule has 0 radical (unpaired) electrons. The molecule has 3 fully saturated rings. The SMILES string of the molecule is C1CC1.COc1cc(N2CCN(C(=O)CCC3NC(=O)NC3=O)CC2)cc(Cl)c1F. The number of halogens is 2. The molecule has 1 unspecified atom stereocenters. The number of rotatable bonds is 5. The Morgan fingerprint density at radius 1 is 1.20 bits per heavy atom. The zero-order valence-corrected chi connectivity index (χ0v) is 17.6. The Morgan fingerprint density at radius 3 is 2.40 bits per heavy atom. The molecule has 0 aromatic heterocycles. The molecule has 0 spiro atoms. The van der Waals surface area contributed by atoms with Gasteiger partial charge < -0.3 is 19.9 Å². The molecular weight excluding hydrogens is 415 g/mol. The van der Waals surface area contributed by atoms with Gasteiger partial charge in [-0.15, -0.1) is 0 Å². The molecule has 1 aromatic rings. The molecule has 1 aromatic carbocycles. The third-order valence-corrected chi connectivity index (χ3v) is 5.33. The van der Waals surface area contributed by atoms with Crippen molar-refractivity contribution in [3.8, 4) is 5.75 Å². The number of carbonyl (C=O) groups is 3. The summed E-state index contributed by atoms with van der Waals surface area (Å²) in [5.74, 6) is -0.995. The first-order valence-electron chi connectivity index (χ1n) is 10.1. The maximum Gasteiger partial charge on any atom is 0.322 e. The lowest BCUT2D eigenvalue weighted by atomic mass is 10.1. The van der Waals surface area contributed by atoms with Gasteiger partial charge in [0.1, 0.15) is 6.04 Å². The first kappa shape index (κ1) is 22.1. The summed E-state index contributed by atoms with van der Waals surface area (Å²) in [6.45, 7) is 2.13. The predicted molar refractivity (Wildman–Crippen MR) is 110 cm³/mol. The van der Waals surface area contributed by atoms with Crippen LogP contribution in [-0.2, 0) is 9.59 Å². The molecule has 30 heavy (non-hydrogen) atoms. The average Bonchev–Trinajstić information content (AvgIpc) is 3.58. The van der Waals surface area contributed by atoms with Gasteiger partial charge in [-0.25, -0.2) is 9.18 Å². The van der Waals surface area contributed by atoms with Crippen molar-refractivity contribution in [2.75, 3.05) is 38.2 Å². The number of amides is 4. The van der Waals surface area contributed by atoms with Crippen molar-refractivity contribution in [1.29, 1.82) is 0 Å². The summed E-state index contributed by atoms with van der Waals surface area (Å²) in [5.41, 5.74) is 0.732. The monoisotopic (exact) mass is 440 g/mol. The fourth-order valence-corrected chi connectivity index (χ4v) is 3.39. The zero-order valence-electron chi connectivity index (χ0n) is 16.9. The first-order valence-corrected chi connectivity index (χ1v) is 10.4. The van der Waals surface area contributed by atoms with Crippen molar-refractivity contribution in [3.05, 3.63) is 23.0 Å². The van der Waals surface area contributed by atoms with Crippen LogP contribution in [0.25, 0.3) is 0 Å². The van der Waals surface area contributed by atoms with Gasteiger partial charge in [-0.3, -0.25) is 14.9 Å². The molecule has 1 aliphatic carbocycles. The normalized spacial score (nSPS) is 20.2. The number of benzene rings is 1. The summed E-state index contributed by atoms with van der Waals surface area (Å²) < 4.78 is 18.8. The smallest absolute Gasteiger partial charge is 0.322 e. The minimum absolute atomic E-state index is 0.0141. The predicted octanol–water partition coefficient (Wildman–Crippen LogP) is 2.29. The van der Waals surface area contributed by atoms with E-state index in [1.807, 2.05) is 4.90 Å². The molecule has 1 atom stereocenters. The fourth-order valence-electron chi connectivity index (χ4n) is 3.18. The Morgan fingerprint density at radius 2 is 1.87 bits per heavy atom. The summed E-state index contributed by atoms with van der Waals surface area (Å²) in [6, 6.07) is 1.94. The van der Waals surface area contributed by atoms with Gasteiger partial charge in [-0.2, -0.15) is 0 Å². The molecule has 1 saturated carbocycles. The van der Waals surface area contributed by atoms with E-state index >= 15 is 0 Å². The standard InChI is InChI=1S/C17H20ClFN4O4.C3H6/c1-27-13-9-10(8-11(18)15(13)19)22-4-6-23(7-5-22)14(24)3-2-12-16(25)21-17(26)20-12;1-2-3-1/h8-9,12H,2-7H2,1H3,(H2,20,21,25,26);1-3H2. The van der Waals surface area contributed by atoms with Crippen LogP contribution >= 0.6 is 11.6 Å². The average molecular weight is 441 g/mol. The van der Waals surface area contributed by atoms with E-state index in [1.54, 1.807) is 11.0 Å². The van der Waals surface area contributed by atoms with E-state index in [-0.39, 0.29) is 29.5 Å². The highest BCUT2D eigenvalue weighted by atomic mass is 35.5. The Balaban J connectivity index is 0.000000782. The number of nitrogens with one attached hydrogen (secondary N) is 2. The van der Waals surface area contributed by atoms with E-state index in [0.717, 1.165) is 5.69 Å².